The summed E-state index contributed by atoms with van der Waals surface area (Å²) in [5.74, 6) is 0.534. The standard InChI is InChI=1S/C19H21N3O3S/c1-13(2)14-3-5-17(6-4-14)25-12-16(23)11-21-19(26)22-18(24)15-7-9-20-10-8-15/h3-10,13H,11-12H2,1-2H3,(H2,21,22,24,26). The van der Waals surface area contributed by atoms with E-state index in [0.29, 0.717) is 17.2 Å². The zero-order valence-electron chi connectivity index (χ0n) is 14.7. The summed E-state index contributed by atoms with van der Waals surface area (Å²) in [6.07, 6.45) is 3.03. The summed E-state index contributed by atoms with van der Waals surface area (Å²) in [4.78, 5) is 27.6. The summed E-state index contributed by atoms with van der Waals surface area (Å²) in [7, 11) is 0. The molecular formula is C19H21N3O3S. The molecule has 0 aliphatic carbocycles. The molecule has 0 saturated heterocycles. The van der Waals surface area contributed by atoms with E-state index in [0.717, 1.165) is 0 Å². The minimum absolute atomic E-state index is 0.0282. The molecule has 0 spiro atoms. The van der Waals surface area contributed by atoms with Gasteiger partial charge in [0.25, 0.3) is 5.91 Å². The van der Waals surface area contributed by atoms with Crippen LogP contribution in [-0.2, 0) is 4.79 Å². The maximum atomic E-state index is 11.9. The van der Waals surface area contributed by atoms with Gasteiger partial charge in [0, 0.05) is 18.0 Å². The van der Waals surface area contributed by atoms with Crippen molar-refractivity contribution in [2.45, 2.75) is 19.8 Å². The zero-order chi connectivity index (χ0) is 18.9. The molecule has 0 aliphatic rings. The van der Waals surface area contributed by atoms with Gasteiger partial charge in [-0.3, -0.25) is 19.9 Å². The van der Waals surface area contributed by atoms with Crippen molar-refractivity contribution in [3.05, 3.63) is 59.9 Å². The molecule has 0 atom stereocenters. The van der Waals surface area contributed by atoms with Crippen molar-refractivity contribution in [2.24, 2.45) is 0 Å². The van der Waals surface area contributed by atoms with E-state index in [1.807, 2.05) is 24.3 Å². The Kier molecular flexibility index (Phi) is 7.23. The Balaban J connectivity index is 1.71. The van der Waals surface area contributed by atoms with E-state index in [2.05, 4.69) is 29.5 Å². The Bertz CT molecular complexity index is 761. The zero-order valence-corrected chi connectivity index (χ0v) is 15.5. The van der Waals surface area contributed by atoms with Gasteiger partial charge in [0.05, 0.1) is 6.54 Å². The van der Waals surface area contributed by atoms with E-state index in [9.17, 15) is 9.59 Å². The number of aromatic nitrogens is 1. The van der Waals surface area contributed by atoms with E-state index in [1.165, 1.54) is 18.0 Å². The van der Waals surface area contributed by atoms with Crippen LogP contribution in [-0.4, -0.2) is 34.9 Å². The Morgan fingerprint density at radius 1 is 1.12 bits per heavy atom. The molecule has 136 valence electrons. The fraction of sp³-hybridized carbons (Fsp3) is 0.263. The van der Waals surface area contributed by atoms with Crippen LogP contribution in [0.3, 0.4) is 0 Å². The predicted molar refractivity (Wildman–Crippen MR) is 103 cm³/mol. The van der Waals surface area contributed by atoms with Crippen molar-refractivity contribution in [2.75, 3.05) is 13.2 Å². The van der Waals surface area contributed by atoms with Gasteiger partial charge in [0.15, 0.2) is 10.9 Å². The highest BCUT2D eigenvalue weighted by atomic mass is 32.1. The number of pyridine rings is 1. The number of Topliss-reactive ketones (excluding diaryl/α,β-unsaturated/α-hetero) is 1. The monoisotopic (exact) mass is 371 g/mol. The lowest BCUT2D eigenvalue weighted by atomic mass is 10.0. The van der Waals surface area contributed by atoms with Crippen LogP contribution in [0, 0.1) is 0 Å². The SMILES string of the molecule is CC(C)c1ccc(OCC(=O)CNC(=S)NC(=O)c2ccncc2)cc1. The van der Waals surface area contributed by atoms with Crippen LogP contribution in [0.4, 0.5) is 0 Å². The van der Waals surface area contributed by atoms with Crippen molar-refractivity contribution in [1.29, 1.82) is 0 Å². The number of hydrogen-bond donors (Lipinski definition) is 2. The summed E-state index contributed by atoms with van der Waals surface area (Å²) >= 11 is 5.01. The second-order valence-corrected chi connectivity index (χ2v) is 6.33. The molecule has 1 amide bonds. The lowest BCUT2D eigenvalue weighted by Crippen LogP contribution is -2.42. The number of rotatable bonds is 7. The van der Waals surface area contributed by atoms with Gasteiger partial charge in [0.1, 0.15) is 12.4 Å². The summed E-state index contributed by atoms with van der Waals surface area (Å²) in [5, 5.41) is 5.29. The van der Waals surface area contributed by atoms with Crippen molar-refractivity contribution < 1.29 is 14.3 Å². The fourth-order valence-corrected chi connectivity index (χ4v) is 2.23. The molecule has 26 heavy (non-hydrogen) atoms. The third-order valence-electron chi connectivity index (χ3n) is 3.56. The first-order valence-corrected chi connectivity index (χ1v) is 8.60. The van der Waals surface area contributed by atoms with Crippen molar-refractivity contribution >= 4 is 29.0 Å². The number of ether oxygens (including phenoxy) is 1. The average Bonchev–Trinajstić information content (AvgIpc) is 2.65. The van der Waals surface area contributed by atoms with Gasteiger partial charge in [-0.2, -0.15) is 0 Å². The van der Waals surface area contributed by atoms with Crippen LogP contribution in [0.1, 0.15) is 35.7 Å². The number of hydrogen-bond acceptors (Lipinski definition) is 5. The van der Waals surface area contributed by atoms with E-state index in [4.69, 9.17) is 17.0 Å². The normalized spacial score (nSPS) is 10.3. The Hall–Kier alpha value is -2.80. The van der Waals surface area contributed by atoms with Crippen LogP contribution in [0.25, 0.3) is 0 Å². The van der Waals surface area contributed by atoms with Gasteiger partial charge in [-0.1, -0.05) is 26.0 Å². The van der Waals surface area contributed by atoms with Crippen molar-refractivity contribution in [3.8, 4) is 5.75 Å². The number of ketones is 1. The Labute approximate surface area is 158 Å². The number of benzene rings is 1. The number of thiocarbonyl (C=S) groups is 1. The molecule has 1 aromatic carbocycles. The largest absolute Gasteiger partial charge is 0.486 e. The molecule has 1 heterocycles. The van der Waals surface area contributed by atoms with Crippen LogP contribution in [0.5, 0.6) is 5.75 Å². The summed E-state index contributed by atoms with van der Waals surface area (Å²) in [6.45, 7) is 4.12. The predicted octanol–water partition coefficient (Wildman–Crippen LogP) is 2.46. The molecule has 2 N–H and O–H groups in total. The van der Waals surface area contributed by atoms with E-state index >= 15 is 0 Å². The third-order valence-corrected chi connectivity index (χ3v) is 3.81. The molecule has 0 aliphatic heterocycles. The maximum Gasteiger partial charge on any atom is 0.257 e. The van der Waals surface area contributed by atoms with Gasteiger partial charge in [0.2, 0.25) is 0 Å². The van der Waals surface area contributed by atoms with Crippen molar-refractivity contribution in [3.63, 3.8) is 0 Å². The fourth-order valence-electron chi connectivity index (χ4n) is 2.07. The number of nitrogens with zero attached hydrogens (tertiary/aromatic N) is 1. The van der Waals surface area contributed by atoms with E-state index < -0.39 is 0 Å². The van der Waals surface area contributed by atoms with E-state index in [1.54, 1.807) is 12.1 Å². The molecular weight excluding hydrogens is 350 g/mol. The topological polar surface area (TPSA) is 80.3 Å². The molecule has 2 rings (SSSR count). The number of amides is 1. The molecule has 0 unspecified atom stereocenters. The molecule has 0 fully saturated rings. The van der Waals surface area contributed by atoms with Crippen LogP contribution in [0.15, 0.2) is 48.8 Å². The quantitative estimate of drug-likeness (QED) is 0.728. The minimum atomic E-state index is -0.362. The molecule has 6 nitrogen and oxygen atoms in total. The first-order valence-electron chi connectivity index (χ1n) is 8.19. The Morgan fingerprint density at radius 3 is 2.38 bits per heavy atom. The molecule has 1 aromatic heterocycles. The summed E-state index contributed by atoms with van der Waals surface area (Å²) in [6, 6.07) is 10.8. The van der Waals surface area contributed by atoms with Crippen LogP contribution in [0.2, 0.25) is 0 Å². The van der Waals surface area contributed by atoms with Gasteiger partial charge in [-0.15, -0.1) is 0 Å². The maximum absolute atomic E-state index is 11.9. The van der Waals surface area contributed by atoms with Gasteiger partial charge in [-0.25, -0.2) is 0 Å². The highest BCUT2D eigenvalue weighted by Gasteiger charge is 2.09. The second-order valence-electron chi connectivity index (χ2n) is 5.92. The van der Waals surface area contributed by atoms with Gasteiger partial charge < -0.3 is 10.1 Å². The van der Waals surface area contributed by atoms with Crippen LogP contribution < -0.4 is 15.4 Å². The van der Waals surface area contributed by atoms with Gasteiger partial charge in [-0.05, 0) is 48.0 Å². The number of carbonyl (C=O) groups excluding carboxylic acids is 2. The summed E-state index contributed by atoms with van der Waals surface area (Å²) < 4.78 is 5.46. The average molecular weight is 371 g/mol. The molecule has 7 heteroatoms. The minimum Gasteiger partial charge on any atom is -0.486 e. The van der Waals surface area contributed by atoms with Crippen LogP contribution >= 0.6 is 12.2 Å². The Morgan fingerprint density at radius 2 is 1.77 bits per heavy atom. The lowest BCUT2D eigenvalue weighted by molar-refractivity contribution is -0.119. The third kappa shape index (κ3) is 6.25. The molecule has 0 saturated carbocycles. The lowest BCUT2D eigenvalue weighted by Gasteiger charge is -2.10. The van der Waals surface area contributed by atoms with E-state index in [-0.39, 0.29) is 30.0 Å². The van der Waals surface area contributed by atoms with Gasteiger partial charge >= 0.3 is 0 Å². The number of carbonyl (C=O) groups is 2. The second kappa shape index (κ2) is 9.62. The summed E-state index contributed by atoms with van der Waals surface area (Å²) in [5.41, 5.74) is 1.64. The molecule has 0 bridgehead atoms. The smallest absolute Gasteiger partial charge is 0.257 e. The highest BCUT2D eigenvalue weighted by molar-refractivity contribution is 7.80. The first kappa shape index (κ1) is 19.5. The highest BCUT2D eigenvalue weighted by Crippen LogP contribution is 2.18. The number of nitrogens with one attached hydrogen (secondary N) is 2. The molecule has 2 aromatic rings. The molecule has 0 radical (unpaired) electrons. The first-order chi connectivity index (χ1) is 12.5. The van der Waals surface area contributed by atoms with Crippen molar-refractivity contribution in [1.82, 2.24) is 15.6 Å².